The van der Waals surface area contributed by atoms with Crippen LogP contribution in [0.1, 0.15) is 12.5 Å². The number of hydrogen-bond donors (Lipinski definition) is 0. The molecule has 0 bridgehead atoms. The Hall–Kier alpha value is -2.33. The van der Waals surface area contributed by atoms with Crippen molar-refractivity contribution in [3.8, 4) is 5.75 Å². The molecule has 0 aromatic heterocycles. The molecule has 27 heavy (non-hydrogen) atoms. The van der Waals surface area contributed by atoms with E-state index >= 15 is 0 Å². The Morgan fingerprint density at radius 3 is 2.67 bits per heavy atom. The molecule has 0 N–H and O–H groups in total. The van der Waals surface area contributed by atoms with E-state index in [4.69, 9.17) is 9.47 Å². The number of esters is 2. The molecular formula is C17H16BrNO7S. The Bertz CT molecular complexity index is 808. The lowest BCUT2D eigenvalue weighted by molar-refractivity contribution is -0.145. The van der Waals surface area contributed by atoms with E-state index in [1.165, 1.54) is 13.2 Å². The number of carbonyl (C=O) groups is 4. The van der Waals surface area contributed by atoms with E-state index in [0.717, 1.165) is 4.90 Å². The predicted octanol–water partition coefficient (Wildman–Crippen LogP) is 2.60. The second kappa shape index (κ2) is 9.56. The largest absolute Gasteiger partial charge is 0.481 e. The molecular weight excluding hydrogens is 442 g/mol. The minimum Gasteiger partial charge on any atom is -0.481 e. The third kappa shape index (κ3) is 5.57. The molecule has 10 heteroatoms. The van der Waals surface area contributed by atoms with Crippen molar-refractivity contribution >= 4 is 56.9 Å². The summed E-state index contributed by atoms with van der Waals surface area (Å²) in [7, 11) is 1.17. The quantitative estimate of drug-likeness (QED) is 0.454. The van der Waals surface area contributed by atoms with Gasteiger partial charge < -0.3 is 14.2 Å². The summed E-state index contributed by atoms with van der Waals surface area (Å²) in [6, 6.07) is 5.00. The number of nitrogens with zero attached hydrogens (tertiary/aromatic N) is 1. The van der Waals surface area contributed by atoms with Gasteiger partial charge in [0.2, 0.25) is 0 Å². The first-order valence-corrected chi connectivity index (χ1v) is 9.36. The molecule has 1 heterocycles. The van der Waals surface area contributed by atoms with Crippen LogP contribution in [0.4, 0.5) is 4.79 Å². The van der Waals surface area contributed by atoms with Gasteiger partial charge in [0, 0.05) is 10.0 Å². The minimum absolute atomic E-state index is 0.128. The smallest absolute Gasteiger partial charge is 0.344 e. The molecule has 2 rings (SSSR count). The molecule has 1 aliphatic rings. The third-order valence-corrected chi connectivity index (χ3v) is 4.70. The standard InChI is InChI=1S/C17H16BrNO7S/c1-3-25-15(21)9-26-12-5-4-11(18)6-10(12)7-13-16(22)19(17(23)27-13)8-14(20)24-2/h4-7H,3,8-9H2,1-2H3/b13-7+. The first-order valence-electron chi connectivity index (χ1n) is 7.75. The molecule has 1 aromatic carbocycles. The van der Waals surface area contributed by atoms with E-state index in [1.54, 1.807) is 25.1 Å². The Kier molecular flexibility index (Phi) is 7.43. The van der Waals surface area contributed by atoms with E-state index < -0.39 is 29.6 Å². The van der Waals surface area contributed by atoms with Crippen LogP contribution in [0.2, 0.25) is 0 Å². The van der Waals surface area contributed by atoms with Gasteiger partial charge >= 0.3 is 11.9 Å². The van der Waals surface area contributed by atoms with Crippen molar-refractivity contribution in [2.45, 2.75) is 6.92 Å². The van der Waals surface area contributed by atoms with Crippen LogP contribution in [-0.4, -0.2) is 54.9 Å². The molecule has 1 saturated heterocycles. The maximum absolute atomic E-state index is 12.4. The number of halogens is 1. The number of imide groups is 1. The number of amides is 2. The first kappa shape index (κ1) is 21.0. The van der Waals surface area contributed by atoms with Gasteiger partial charge in [-0.15, -0.1) is 0 Å². The van der Waals surface area contributed by atoms with E-state index in [-0.39, 0.29) is 18.1 Å². The maximum atomic E-state index is 12.4. The van der Waals surface area contributed by atoms with E-state index in [9.17, 15) is 19.2 Å². The summed E-state index contributed by atoms with van der Waals surface area (Å²) in [5.41, 5.74) is 0.484. The molecule has 1 aliphatic heterocycles. The maximum Gasteiger partial charge on any atom is 0.344 e. The first-order chi connectivity index (χ1) is 12.8. The monoisotopic (exact) mass is 457 g/mol. The summed E-state index contributed by atoms with van der Waals surface area (Å²) < 4.78 is 15.5. The number of carbonyl (C=O) groups excluding carboxylic acids is 4. The molecule has 2 amide bonds. The Morgan fingerprint density at radius 2 is 2.00 bits per heavy atom. The summed E-state index contributed by atoms with van der Waals surface area (Å²) in [5, 5.41) is -0.569. The van der Waals surface area contributed by atoms with Crippen molar-refractivity contribution in [3.63, 3.8) is 0 Å². The average molecular weight is 458 g/mol. The molecule has 1 aromatic rings. The molecule has 0 unspecified atom stereocenters. The topological polar surface area (TPSA) is 99.2 Å². The lowest BCUT2D eigenvalue weighted by Crippen LogP contribution is -2.34. The zero-order valence-electron chi connectivity index (χ0n) is 14.5. The van der Waals surface area contributed by atoms with Crippen LogP contribution in [0.25, 0.3) is 6.08 Å². The molecule has 0 saturated carbocycles. The Balaban J connectivity index is 2.23. The van der Waals surface area contributed by atoms with Crippen LogP contribution in [0, 0.1) is 0 Å². The summed E-state index contributed by atoms with van der Waals surface area (Å²) in [6.45, 7) is 1.18. The molecule has 1 fully saturated rings. The highest BCUT2D eigenvalue weighted by atomic mass is 79.9. The molecule has 0 spiro atoms. The third-order valence-electron chi connectivity index (χ3n) is 3.30. The van der Waals surface area contributed by atoms with Gasteiger partial charge in [0.05, 0.1) is 18.6 Å². The number of benzene rings is 1. The molecule has 0 atom stereocenters. The molecule has 0 radical (unpaired) electrons. The fraction of sp³-hybridized carbons (Fsp3) is 0.294. The predicted molar refractivity (Wildman–Crippen MR) is 101 cm³/mol. The van der Waals surface area contributed by atoms with Gasteiger partial charge in [-0.2, -0.15) is 0 Å². The van der Waals surface area contributed by atoms with Gasteiger partial charge in [-0.3, -0.25) is 19.3 Å². The van der Waals surface area contributed by atoms with Crippen molar-refractivity contribution in [1.29, 1.82) is 0 Å². The molecule has 0 aliphatic carbocycles. The van der Waals surface area contributed by atoms with Crippen molar-refractivity contribution in [2.24, 2.45) is 0 Å². The summed E-state index contributed by atoms with van der Waals surface area (Å²) in [6.07, 6.45) is 1.47. The fourth-order valence-corrected chi connectivity index (χ4v) is 3.28. The average Bonchev–Trinajstić information content (AvgIpc) is 2.88. The van der Waals surface area contributed by atoms with Gasteiger partial charge in [0.25, 0.3) is 11.1 Å². The van der Waals surface area contributed by atoms with Gasteiger partial charge in [-0.1, -0.05) is 15.9 Å². The van der Waals surface area contributed by atoms with Crippen molar-refractivity contribution < 1.29 is 33.4 Å². The number of methoxy groups -OCH3 is 1. The lowest BCUT2D eigenvalue weighted by Gasteiger charge is -2.11. The normalized spacial score (nSPS) is 15.2. The van der Waals surface area contributed by atoms with Gasteiger partial charge in [0.15, 0.2) is 6.61 Å². The van der Waals surface area contributed by atoms with Crippen molar-refractivity contribution in [2.75, 3.05) is 26.9 Å². The van der Waals surface area contributed by atoms with Gasteiger partial charge in [0.1, 0.15) is 12.3 Å². The van der Waals surface area contributed by atoms with Crippen molar-refractivity contribution in [1.82, 2.24) is 4.90 Å². The fourth-order valence-electron chi connectivity index (χ4n) is 2.07. The minimum atomic E-state index is -0.695. The molecule has 8 nitrogen and oxygen atoms in total. The lowest BCUT2D eigenvalue weighted by atomic mass is 10.2. The van der Waals surface area contributed by atoms with Gasteiger partial charge in [-0.05, 0) is 43.0 Å². The summed E-state index contributed by atoms with van der Waals surface area (Å²) in [5.74, 6) is -1.48. The van der Waals surface area contributed by atoms with E-state index in [0.29, 0.717) is 27.5 Å². The van der Waals surface area contributed by atoms with E-state index in [2.05, 4.69) is 20.7 Å². The van der Waals surface area contributed by atoms with Crippen LogP contribution in [0.3, 0.4) is 0 Å². The Labute approximate surface area is 167 Å². The SMILES string of the molecule is CCOC(=O)COc1ccc(Br)cc1/C=C1/SC(=O)N(CC(=O)OC)C1=O. The highest BCUT2D eigenvalue weighted by molar-refractivity contribution is 9.10. The molecule has 144 valence electrons. The summed E-state index contributed by atoms with van der Waals surface area (Å²) in [4.78, 5) is 48.2. The highest BCUT2D eigenvalue weighted by Crippen LogP contribution is 2.34. The van der Waals surface area contributed by atoms with E-state index in [1.807, 2.05) is 0 Å². The summed E-state index contributed by atoms with van der Waals surface area (Å²) >= 11 is 4.03. The van der Waals surface area contributed by atoms with Crippen molar-refractivity contribution in [3.05, 3.63) is 33.1 Å². The number of ether oxygens (including phenoxy) is 3. The van der Waals surface area contributed by atoms with Gasteiger partial charge in [-0.25, -0.2) is 4.79 Å². The number of hydrogen-bond acceptors (Lipinski definition) is 8. The zero-order valence-corrected chi connectivity index (χ0v) is 16.9. The second-order valence-electron chi connectivity index (χ2n) is 5.12. The zero-order chi connectivity index (χ0) is 20.0. The number of rotatable bonds is 7. The van der Waals surface area contributed by atoms with Crippen LogP contribution in [0.15, 0.2) is 27.6 Å². The van der Waals surface area contributed by atoms with Crippen LogP contribution >= 0.6 is 27.7 Å². The van der Waals surface area contributed by atoms with Crippen LogP contribution in [-0.2, 0) is 23.9 Å². The van der Waals surface area contributed by atoms with Crippen LogP contribution in [0.5, 0.6) is 5.75 Å². The second-order valence-corrected chi connectivity index (χ2v) is 7.03. The number of thioether (sulfide) groups is 1. The Morgan fingerprint density at radius 1 is 1.26 bits per heavy atom. The van der Waals surface area contributed by atoms with Crippen LogP contribution < -0.4 is 4.74 Å². The highest BCUT2D eigenvalue weighted by Gasteiger charge is 2.36.